The number of aliphatic imine (C=N–C) groups is 1. The van der Waals surface area contributed by atoms with Crippen molar-refractivity contribution in [2.75, 3.05) is 13.6 Å². The van der Waals surface area contributed by atoms with Crippen LogP contribution in [-0.2, 0) is 12.0 Å². The third kappa shape index (κ3) is 4.10. The summed E-state index contributed by atoms with van der Waals surface area (Å²) < 4.78 is 5.56. The molecule has 0 amide bonds. The molecule has 0 radical (unpaired) electrons. The summed E-state index contributed by atoms with van der Waals surface area (Å²) in [6.45, 7) is 9.63. The number of aromatic nitrogens is 1. The van der Waals surface area contributed by atoms with E-state index in [1.807, 2.05) is 13.8 Å². The molecule has 0 aromatic carbocycles. The van der Waals surface area contributed by atoms with Crippen LogP contribution in [0.25, 0.3) is 0 Å². The summed E-state index contributed by atoms with van der Waals surface area (Å²) in [5.74, 6) is 2.28. The minimum atomic E-state index is 0.0574. The third-order valence-corrected chi connectivity index (χ3v) is 4.83. The highest BCUT2D eigenvalue weighted by atomic mass is 32.1. The quantitative estimate of drug-likeness (QED) is 0.657. The maximum atomic E-state index is 5.56. The molecule has 0 saturated carbocycles. The van der Waals surface area contributed by atoms with Crippen molar-refractivity contribution in [1.82, 2.24) is 15.6 Å². The maximum absolute atomic E-state index is 5.56. The van der Waals surface area contributed by atoms with Gasteiger partial charge >= 0.3 is 0 Å². The van der Waals surface area contributed by atoms with Crippen molar-refractivity contribution in [3.63, 3.8) is 0 Å². The highest BCUT2D eigenvalue weighted by Gasteiger charge is 2.22. The van der Waals surface area contributed by atoms with Crippen LogP contribution < -0.4 is 10.6 Å². The molecule has 2 aromatic heterocycles. The Morgan fingerprint density at radius 1 is 1.36 bits per heavy atom. The minimum Gasteiger partial charge on any atom is -0.444 e. The Balaban J connectivity index is 1.87. The van der Waals surface area contributed by atoms with Gasteiger partial charge in [0.1, 0.15) is 5.76 Å². The summed E-state index contributed by atoms with van der Waals surface area (Å²) in [6.07, 6.45) is 0. The Hall–Kier alpha value is -1.82. The number of aryl methyl sites for hydroxylation is 2. The molecule has 22 heavy (non-hydrogen) atoms. The molecule has 0 bridgehead atoms. The predicted molar refractivity (Wildman–Crippen MR) is 91.5 cm³/mol. The van der Waals surface area contributed by atoms with Gasteiger partial charge in [-0.3, -0.25) is 4.99 Å². The van der Waals surface area contributed by atoms with E-state index in [0.717, 1.165) is 24.0 Å². The molecule has 2 N–H and O–H groups in total. The fourth-order valence-electron chi connectivity index (χ4n) is 2.05. The van der Waals surface area contributed by atoms with Crippen LogP contribution in [0.5, 0.6) is 0 Å². The summed E-state index contributed by atoms with van der Waals surface area (Å²) in [5.41, 5.74) is 0.987. The average Bonchev–Trinajstić information content (AvgIpc) is 3.10. The highest BCUT2D eigenvalue weighted by Crippen LogP contribution is 2.26. The lowest BCUT2D eigenvalue weighted by molar-refractivity contribution is 0.462. The van der Waals surface area contributed by atoms with Gasteiger partial charge < -0.3 is 15.1 Å². The lowest BCUT2D eigenvalue weighted by atomic mass is 9.91. The number of rotatable bonds is 5. The first-order chi connectivity index (χ1) is 10.4. The van der Waals surface area contributed by atoms with Crippen molar-refractivity contribution >= 4 is 17.3 Å². The largest absolute Gasteiger partial charge is 0.444 e. The summed E-state index contributed by atoms with van der Waals surface area (Å²) in [7, 11) is 1.76. The van der Waals surface area contributed by atoms with Gasteiger partial charge in [-0.05, 0) is 25.3 Å². The molecule has 0 aliphatic heterocycles. The zero-order valence-corrected chi connectivity index (χ0v) is 14.7. The summed E-state index contributed by atoms with van der Waals surface area (Å²) >= 11 is 1.78. The van der Waals surface area contributed by atoms with Crippen LogP contribution in [0.3, 0.4) is 0 Å². The second kappa shape index (κ2) is 6.96. The molecular formula is C16H24N4OS. The molecule has 2 rings (SSSR count). The first kappa shape index (κ1) is 16.5. The van der Waals surface area contributed by atoms with E-state index in [2.05, 4.69) is 52.0 Å². The van der Waals surface area contributed by atoms with Crippen LogP contribution >= 0.6 is 11.3 Å². The maximum Gasteiger partial charge on any atom is 0.214 e. The van der Waals surface area contributed by atoms with Crippen molar-refractivity contribution < 1.29 is 4.42 Å². The fraction of sp³-hybridized carbons (Fsp3) is 0.500. The van der Waals surface area contributed by atoms with Crippen LogP contribution in [0, 0.1) is 13.8 Å². The van der Waals surface area contributed by atoms with Gasteiger partial charge in [0.2, 0.25) is 5.89 Å². The molecule has 0 saturated heterocycles. The van der Waals surface area contributed by atoms with Crippen LogP contribution in [0.2, 0.25) is 0 Å². The highest BCUT2D eigenvalue weighted by molar-refractivity contribution is 7.10. The predicted octanol–water partition coefficient (Wildman–Crippen LogP) is 3.00. The molecule has 6 heteroatoms. The number of guanidine groups is 1. The van der Waals surface area contributed by atoms with E-state index >= 15 is 0 Å². The van der Waals surface area contributed by atoms with Gasteiger partial charge in [-0.15, -0.1) is 11.3 Å². The first-order valence-electron chi connectivity index (χ1n) is 7.34. The molecule has 2 heterocycles. The van der Waals surface area contributed by atoms with E-state index in [0.29, 0.717) is 12.4 Å². The zero-order chi connectivity index (χ0) is 16.2. The molecule has 2 aromatic rings. The number of hydrogen-bond donors (Lipinski definition) is 2. The molecular weight excluding hydrogens is 296 g/mol. The van der Waals surface area contributed by atoms with Crippen molar-refractivity contribution in [1.29, 1.82) is 0 Å². The van der Waals surface area contributed by atoms with Gasteiger partial charge in [0.05, 0.1) is 12.2 Å². The average molecular weight is 320 g/mol. The Labute approximate surface area is 135 Å². The number of hydrogen-bond acceptors (Lipinski definition) is 4. The van der Waals surface area contributed by atoms with E-state index in [-0.39, 0.29) is 5.41 Å². The van der Waals surface area contributed by atoms with Gasteiger partial charge in [0.15, 0.2) is 5.96 Å². The second-order valence-corrected chi connectivity index (χ2v) is 6.84. The van der Waals surface area contributed by atoms with E-state index in [1.54, 1.807) is 18.4 Å². The van der Waals surface area contributed by atoms with Crippen LogP contribution in [-0.4, -0.2) is 24.5 Å². The Morgan fingerprint density at radius 2 is 2.14 bits per heavy atom. The molecule has 0 aliphatic carbocycles. The number of nitrogens with zero attached hydrogens (tertiary/aromatic N) is 2. The summed E-state index contributed by atoms with van der Waals surface area (Å²) in [5, 5.41) is 8.70. The second-order valence-electron chi connectivity index (χ2n) is 5.89. The Morgan fingerprint density at radius 3 is 2.68 bits per heavy atom. The van der Waals surface area contributed by atoms with Gasteiger partial charge in [-0.1, -0.05) is 19.9 Å². The van der Waals surface area contributed by atoms with E-state index in [4.69, 9.17) is 4.42 Å². The minimum absolute atomic E-state index is 0.0574. The van der Waals surface area contributed by atoms with Gasteiger partial charge in [0.25, 0.3) is 0 Å². The molecule has 120 valence electrons. The van der Waals surface area contributed by atoms with E-state index in [9.17, 15) is 0 Å². The molecule has 0 atom stereocenters. The van der Waals surface area contributed by atoms with Crippen molar-refractivity contribution in [3.8, 4) is 0 Å². The molecule has 0 spiro atoms. The van der Waals surface area contributed by atoms with Gasteiger partial charge in [-0.25, -0.2) is 4.98 Å². The topological polar surface area (TPSA) is 62.5 Å². The molecule has 5 nitrogen and oxygen atoms in total. The molecule has 0 aliphatic rings. The molecule has 0 fully saturated rings. The van der Waals surface area contributed by atoms with Crippen molar-refractivity contribution in [2.24, 2.45) is 4.99 Å². The summed E-state index contributed by atoms with van der Waals surface area (Å²) in [6, 6.07) is 4.25. The normalized spacial score (nSPS) is 12.5. The zero-order valence-electron chi connectivity index (χ0n) is 13.9. The monoisotopic (exact) mass is 320 g/mol. The number of nitrogens with one attached hydrogen (secondary N) is 2. The molecule has 0 unspecified atom stereocenters. The summed E-state index contributed by atoms with van der Waals surface area (Å²) in [4.78, 5) is 9.96. The van der Waals surface area contributed by atoms with Crippen LogP contribution in [0.1, 0.15) is 36.1 Å². The SMILES string of the molecule is CN=C(NCc1nc(C)c(C)o1)NCC(C)(C)c1cccs1. The van der Waals surface area contributed by atoms with Crippen molar-refractivity contribution in [3.05, 3.63) is 39.7 Å². The van der Waals surface area contributed by atoms with E-state index in [1.165, 1.54) is 4.88 Å². The Bertz CT molecular complexity index is 609. The number of thiophene rings is 1. The van der Waals surface area contributed by atoms with Gasteiger partial charge in [-0.2, -0.15) is 0 Å². The smallest absolute Gasteiger partial charge is 0.214 e. The standard InChI is InChI=1S/C16H24N4OS/c1-11-12(2)21-14(20-11)9-18-15(17-5)19-10-16(3,4)13-7-6-8-22-13/h6-8H,9-10H2,1-5H3,(H2,17,18,19). The van der Waals surface area contributed by atoms with Gasteiger partial charge in [0, 0.05) is 23.9 Å². The fourth-order valence-corrected chi connectivity index (χ4v) is 2.90. The van der Waals surface area contributed by atoms with Crippen LogP contribution in [0.4, 0.5) is 0 Å². The van der Waals surface area contributed by atoms with E-state index < -0.39 is 0 Å². The first-order valence-corrected chi connectivity index (χ1v) is 8.22. The number of oxazole rings is 1. The lowest BCUT2D eigenvalue weighted by Crippen LogP contribution is -2.43. The lowest BCUT2D eigenvalue weighted by Gasteiger charge is -2.24. The van der Waals surface area contributed by atoms with Crippen LogP contribution in [0.15, 0.2) is 26.9 Å². The van der Waals surface area contributed by atoms with Crippen molar-refractivity contribution in [2.45, 2.75) is 39.7 Å². The third-order valence-electron chi connectivity index (χ3n) is 3.59. The Kier molecular flexibility index (Phi) is 5.24.